The molecular formula is C13H21N3O3. The number of hydrogen-bond acceptors (Lipinski definition) is 5. The first-order valence-corrected chi connectivity index (χ1v) is 6.14. The van der Waals surface area contributed by atoms with Gasteiger partial charge in [-0.3, -0.25) is 9.78 Å². The summed E-state index contributed by atoms with van der Waals surface area (Å²) in [4.78, 5) is 19.1. The third-order valence-corrected chi connectivity index (χ3v) is 2.45. The van der Waals surface area contributed by atoms with Gasteiger partial charge in [-0.2, -0.15) is 4.98 Å². The van der Waals surface area contributed by atoms with Crippen LogP contribution in [0.1, 0.15) is 33.6 Å². The molecule has 0 saturated heterocycles. The zero-order chi connectivity index (χ0) is 14.5. The summed E-state index contributed by atoms with van der Waals surface area (Å²) >= 11 is 0. The SMILES string of the molecule is COc1cncc(NC(CC(=O)O)CC(C)(C)C)n1. The number of nitrogens with one attached hydrogen (secondary N) is 1. The lowest BCUT2D eigenvalue weighted by molar-refractivity contribution is -0.137. The number of hydrogen-bond donors (Lipinski definition) is 2. The van der Waals surface area contributed by atoms with E-state index in [1.165, 1.54) is 13.3 Å². The van der Waals surface area contributed by atoms with Crippen LogP contribution in [0.15, 0.2) is 12.4 Å². The molecule has 1 rings (SSSR count). The van der Waals surface area contributed by atoms with Crippen LogP contribution in [0.4, 0.5) is 5.82 Å². The van der Waals surface area contributed by atoms with Crippen molar-refractivity contribution in [3.05, 3.63) is 12.4 Å². The number of anilines is 1. The molecule has 0 aliphatic rings. The van der Waals surface area contributed by atoms with Gasteiger partial charge < -0.3 is 15.2 Å². The standard InChI is InChI=1S/C13H21N3O3/c1-13(2,3)6-9(5-12(17)18)15-10-7-14-8-11(16-10)19-4/h7-9H,5-6H2,1-4H3,(H,15,16)(H,17,18). The monoisotopic (exact) mass is 267 g/mol. The molecule has 0 aromatic carbocycles. The molecule has 0 amide bonds. The Morgan fingerprint density at radius 2 is 2.16 bits per heavy atom. The first-order valence-electron chi connectivity index (χ1n) is 6.14. The Morgan fingerprint density at radius 1 is 1.47 bits per heavy atom. The van der Waals surface area contributed by atoms with E-state index < -0.39 is 5.97 Å². The Kier molecular flexibility index (Phi) is 5.09. The number of methoxy groups -OCH3 is 1. The van der Waals surface area contributed by atoms with Gasteiger partial charge in [0.2, 0.25) is 5.88 Å². The molecule has 0 bridgehead atoms. The molecule has 1 atom stereocenters. The van der Waals surface area contributed by atoms with Crippen molar-refractivity contribution in [3.63, 3.8) is 0 Å². The molecular weight excluding hydrogens is 246 g/mol. The van der Waals surface area contributed by atoms with Crippen molar-refractivity contribution in [1.29, 1.82) is 0 Å². The fraction of sp³-hybridized carbons (Fsp3) is 0.615. The maximum atomic E-state index is 10.9. The van der Waals surface area contributed by atoms with Gasteiger partial charge in [0.15, 0.2) is 0 Å². The van der Waals surface area contributed by atoms with Crippen molar-refractivity contribution in [2.45, 2.75) is 39.7 Å². The summed E-state index contributed by atoms with van der Waals surface area (Å²) in [5.74, 6) is 0.0855. The zero-order valence-electron chi connectivity index (χ0n) is 11.8. The van der Waals surface area contributed by atoms with Crippen molar-refractivity contribution in [2.24, 2.45) is 5.41 Å². The third-order valence-electron chi connectivity index (χ3n) is 2.45. The summed E-state index contributed by atoms with van der Waals surface area (Å²) in [5.41, 5.74) is 0.0272. The lowest BCUT2D eigenvalue weighted by Gasteiger charge is -2.26. The average Bonchev–Trinajstić information content (AvgIpc) is 2.26. The van der Waals surface area contributed by atoms with Gasteiger partial charge in [-0.1, -0.05) is 20.8 Å². The summed E-state index contributed by atoms with van der Waals surface area (Å²) in [6.07, 6.45) is 3.82. The lowest BCUT2D eigenvalue weighted by Crippen LogP contribution is -2.28. The number of aliphatic carboxylic acids is 1. The second-order valence-electron chi connectivity index (χ2n) is 5.65. The minimum Gasteiger partial charge on any atom is -0.481 e. The Labute approximate surface area is 113 Å². The second kappa shape index (κ2) is 6.36. The molecule has 0 aliphatic heterocycles. The highest BCUT2D eigenvalue weighted by atomic mass is 16.5. The smallest absolute Gasteiger partial charge is 0.305 e. The Morgan fingerprint density at radius 3 is 2.68 bits per heavy atom. The van der Waals surface area contributed by atoms with E-state index in [1.807, 2.05) is 0 Å². The Hall–Kier alpha value is -1.85. The highest BCUT2D eigenvalue weighted by Crippen LogP contribution is 2.24. The Balaban J connectivity index is 2.77. The van der Waals surface area contributed by atoms with Gasteiger partial charge in [-0.25, -0.2) is 0 Å². The number of nitrogens with zero attached hydrogens (tertiary/aromatic N) is 2. The predicted molar refractivity (Wildman–Crippen MR) is 72.3 cm³/mol. The number of ether oxygens (including phenoxy) is 1. The lowest BCUT2D eigenvalue weighted by atomic mass is 9.87. The molecule has 1 aromatic rings. The van der Waals surface area contributed by atoms with Crippen LogP contribution in [-0.2, 0) is 4.79 Å². The van der Waals surface area contributed by atoms with Crippen LogP contribution in [0, 0.1) is 5.41 Å². The molecule has 0 spiro atoms. The topological polar surface area (TPSA) is 84.3 Å². The largest absolute Gasteiger partial charge is 0.481 e. The van der Waals surface area contributed by atoms with Crippen LogP contribution in [-0.4, -0.2) is 34.2 Å². The van der Waals surface area contributed by atoms with Crippen molar-refractivity contribution in [3.8, 4) is 5.88 Å². The molecule has 1 unspecified atom stereocenters. The highest BCUT2D eigenvalue weighted by molar-refractivity contribution is 5.68. The molecule has 2 N–H and O–H groups in total. The van der Waals surface area contributed by atoms with E-state index in [9.17, 15) is 4.79 Å². The predicted octanol–water partition coefficient (Wildman–Crippen LogP) is 2.18. The van der Waals surface area contributed by atoms with Crippen molar-refractivity contribution in [1.82, 2.24) is 9.97 Å². The Bertz CT molecular complexity index is 429. The van der Waals surface area contributed by atoms with Crippen LogP contribution in [0.2, 0.25) is 0 Å². The van der Waals surface area contributed by atoms with Gasteiger partial charge in [0.05, 0.1) is 25.9 Å². The van der Waals surface area contributed by atoms with E-state index in [1.54, 1.807) is 6.20 Å². The van der Waals surface area contributed by atoms with E-state index in [2.05, 4.69) is 36.1 Å². The van der Waals surface area contributed by atoms with Gasteiger partial charge in [0, 0.05) is 6.04 Å². The summed E-state index contributed by atoms with van der Waals surface area (Å²) in [5, 5.41) is 12.1. The summed E-state index contributed by atoms with van der Waals surface area (Å²) in [7, 11) is 1.51. The third kappa shape index (κ3) is 6.03. The quantitative estimate of drug-likeness (QED) is 0.821. The summed E-state index contributed by atoms with van der Waals surface area (Å²) < 4.78 is 4.99. The van der Waals surface area contributed by atoms with E-state index in [0.717, 1.165) is 6.42 Å². The normalized spacial score (nSPS) is 12.8. The average molecular weight is 267 g/mol. The zero-order valence-corrected chi connectivity index (χ0v) is 11.8. The first-order chi connectivity index (χ1) is 8.80. The molecule has 0 aliphatic carbocycles. The van der Waals surface area contributed by atoms with Crippen molar-refractivity contribution >= 4 is 11.8 Å². The molecule has 6 nitrogen and oxygen atoms in total. The summed E-state index contributed by atoms with van der Waals surface area (Å²) in [6.45, 7) is 6.21. The number of carboxylic acid groups (broad SMARTS) is 1. The van der Waals surface area contributed by atoms with Crippen molar-refractivity contribution < 1.29 is 14.6 Å². The molecule has 0 radical (unpaired) electrons. The maximum Gasteiger partial charge on any atom is 0.305 e. The minimum absolute atomic E-state index is 0.0272. The molecule has 19 heavy (non-hydrogen) atoms. The van der Waals surface area contributed by atoms with Crippen LogP contribution >= 0.6 is 0 Å². The fourth-order valence-corrected chi connectivity index (χ4v) is 1.85. The van der Waals surface area contributed by atoms with E-state index in [0.29, 0.717) is 11.7 Å². The number of rotatable bonds is 6. The van der Waals surface area contributed by atoms with Gasteiger partial charge in [-0.15, -0.1) is 0 Å². The molecule has 1 heterocycles. The minimum atomic E-state index is -0.836. The van der Waals surface area contributed by atoms with Crippen molar-refractivity contribution in [2.75, 3.05) is 12.4 Å². The number of carboxylic acids is 1. The van der Waals surface area contributed by atoms with Gasteiger partial charge in [0.1, 0.15) is 5.82 Å². The summed E-state index contributed by atoms with van der Waals surface area (Å²) in [6, 6.07) is -0.195. The van der Waals surface area contributed by atoms with Gasteiger partial charge in [0.25, 0.3) is 0 Å². The van der Waals surface area contributed by atoms with E-state index in [-0.39, 0.29) is 17.9 Å². The maximum absolute atomic E-state index is 10.9. The molecule has 6 heteroatoms. The molecule has 106 valence electrons. The molecule has 1 aromatic heterocycles. The molecule has 0 saturated carbocycles. The van der Waals surface area contributed by atoms with Crippen LogP contribution in [0.5, 0.6) is 5.88 Å². The number of aromatic nitrogens is 2. The van der Waals surface area contributed by atoms with Gasteiger partial charge >= 0.3 is 5.97 Å². The first kappa shape index (κ1) is 15.2. The van der Waals surface area contributed by atoms with Crippen LogP contribution in [0.25, 0.3) is 0 Å². The van der Waals surface area contributed by atoms with E-state index in [4.69, 9.17) is 9.84 Å². The fourth-order valence-electron chi connectivity index (χ4n) is 1.85. The number of carbonyl (C=O) groups is 1. The van der Waals surface area contributed by atoms with Gasteiger partial charge in [-0.05, 0) is 11.8 Å². The molecule has 0 fully saturated rings. The van der Waals surface area contributed by atoms with Crippen LogP contribution < -0.4 is 10.1 Å². The second-order valence-corrected chi connectivity index (χ2v) is 5.65. The highest BCUT2D eigenvalue weighted by Gasteiger charge is 2.21. The van der Waals surface area contributed by atoms with E-state index >= 15 is 0 Å². The van der Waals surface area contributed by atoms with Crippen LogP contribution in [0.3, 0.4) is 0 Å².